The molecule has 0 saturated heterocycles. The minimum Gasteiger partial charge on any atom is -0.465 e. The second kappa shape index (κ2) is 8.24. The van der Waals surface area contributed by atoms with Crippen molar-refractivity contribution in [3.05, 3.63) is 59.3 Å². The average molecular weight is 377 g/mol. The third kappa shape index (κ3) is 5.32. The molecule has 0 unspecified atom stereocenters. The number of nitrogens with zero attached hydrogens (tertiary/aromatic N) is 1. The van der Waals surface area contributed by atoms with Crippen LogP contribution in [-0.4, -0.2) is 17.6 Å². The highest BCUT2D eigenvalue weighted by atomic mass is 19.4. The number of allylic oxidation sites excluding steroid dienone is 1. The van der Waals surface area contributed by atoms with Crippen LogP contribution in [0, 0.1) is 0 Å². The predicted molar refractivity (Wildman–Crippen MR) is 93.1 cm³/mol. The maximum atomic E-state index is 12.6. The van der Waals surface area contributed by atoms with E-state index in [1.807, 2.05) is 12.1 Å². The quantitative estimate of drug-likeness (QED) is 0.656. The summed E-state index contributed by atoms with van der Waals surface area (Å²) >= 11 is 0. The average Bonchev–Trinajstić information content (AvgIpc) is 2.64. The lowest BCUT2D eigenvalue weighted by Crippen LogP contribution is -2.16. The van der Waals surface area contributed by atoms with E-state index >= 15 is 0 Å². The molecular weight excluding hydrogens is 359 g/mol. The van der Waals surface area contributed by atoms with Crippen LogP contribution >= 0.6 is 0 Å². The largest absolute Gasteiger partial charge is 0.465 e. The molecule has 2 aromatic rings. The van der Waals surface area contributed by atoms with Crippen molar-refractivity contribution in [2.24, 2.45) is 0 Å². The normalized spacial score (nSPS) is 17.3. The van der Waals surface area contributed by atoms with E-state index < -0.39 is 11.7 Å². The number of halogens is 3. The molecule has 7 heteroatoms. The van der Waals surface area contributed by atoms with Crippen LogP contribution in [0.5, 0.6) is 11.6 Å². The number of carbonyl (C=O) groups is 1. The van der Waals surface area contributed by atoms with E-state index in [4.69, 9.17) is 9.47 Å². The van der Waals surface area contributed by atoms with E-state index in [0.29, 0.717) is 12.2 Å². The number of hydrogen-bond donors (Lipinski definition) is 0. The molecule has 1 heterocycles. The van der Waals surface area contributed by atoms with Crippen molar-refractivity contribution in [3.63, 3.8) is 0 Å². The Morgan fingerprint density at radius 3 is 2.52 bits per heavy atom. The molecule has 0 bridgehead atoms. The van der Waals surface area contributed by atoms with Gasteiger partial charge >= 0.3 is 6.18 Å². The number of aromatic nitrogens is 1. The number of benzene rings is 1. The molecule has 1 aromatic carbocycles. The SMILES string of the molecule is O=COC1CCC(=Cc2cccc(Oc3ccc(C(F)(F)F)cn3)c2)CC1. The van der Waals surface area contributed by atoms with Crippen LogP contribution in [0.25, 0.3) is 6.08 Å². The molecule has 1 aliphatic carbocycles. The summed E-state index contributed by atoms with van der Waals surface area (Å²) in [4.78, 5) is 14.1. The smallest absolute Gasteiger partial charge is 0.417 e. The third-order valence-corrected chi connectivity index (χ3v) is 4.34. The summed E-state index contributed by atoms with van der Waals surface area (Å²) in [6, 6.07) is 9.40. The van der Waals surface area contributed by atoms with Crippen LogP contribution in [0.1, 0.15) is 36.8 Å². The van der Waals surface area contributed by atoms with Crippen molar-refractivity contribution in [1.82, 2.24) is 4.98 Å². The van der Waals surface area contributed by atoms with Gasteiger partial charge in [-0.05, 0) is 49.4 Å². The molecule has 27 heavy (non-hydrogen) atoms. The molecule has 0 N–H and O–H groups in total. The molecule has 142 valence electrons. The van der Waals surface area contributed by atoms with Gasteiger partial charge in [0.15, 0.2) is 0 Å². The molecule has 4 nitrogen and oxygen atoms in total. The fraction of sp³-hybridized carbons (Fsp3) is 0.300. The van der Waals surface area contributed by atoms with Gasteiger partial charge in [0, 0.05) is 12.3 Å². The first-order chi connectivity index (χ1) is 12.9. The zero-order valence-corrected chi connectivity index (χ0v) is 14.4. The first-order valence-corrected chi connectivity index (χ1v) is 8.54. The van der Waals surface area contributed by atoms with Crippen molar-refractivity contribution < 1.29 is 27.4 Å². The Hall–Kier alpha value is -2.83. The van der Waals surface area contributed by atoms with E-state index in [9.17, 15) is 18.0 Å². The number of pyridine rings is 1. The maximum absolute atomic E-state index is 12.6. The standard InChI is InChI=1S/C20H18F3NO3/c21-20(22,23)16-6-9-19(24-12-16)27-18-3-1-2-15(11-18)10-14-4-7-17(8-5-14)26-13-25/h1-3,6,9-13,17H,4-5,7-8H2. The number of rotatable bonds is 5. The van der Waals surface area contributed by atoms with E-state index in [1.54, 1.807) is 12.1 Å². The summed E-state index contributed by atoms with van der Waals surface area (Å²) in [6.45, 7) is 0.496. The minimum absolute atomic E-state index is 0.0138. The summed E-state index contributed by atoms with van der Waals surface area (Å²) in [5, 5.41) is 0. The second-order valence-electron chi connectivity index (χ2n) is 6.29. The Morgan fingerprint density at radius 2 is 1.89 bits per heavy atom. The number of carbonyl (C=O) groups excluding carboxylic acids is 1. The van der Waals surface area contributed by atoms with Gasteiger partial charge in [-0.1, -0.05) is 23.8 Å². The molecule has 1 saturated carbocycles. The van der Waals surface area contributed by atoms with Gasteiger partial charge in [-0.2, -0.15) is 13.2 Å². The minimum atomic E-state index is -4.42. The number of hydrogen-bond acceptors (Lipinski definition) is 4. The highest BCUT2D eigenvalue weighted by Crippen LogP contribution is 2.31. The highest BCUT2D eigenvalue weighted by molar-refractivity contribution is 5.55. The topological polar surface area (TPSA) is 48.4 Å². The van der Waals surface area contributed by atoms with Crippen molar-refractivity contribution in [2.45, 2.75) is 38.0 Å². The van der Waals surface area contributed by atoms with E-state index in [0.717, 1.165) is 43.5 Å². The molecule has 1 fully saturated rings. The van der Waals surface area contributed by atoms with E-state index in [2.05, 4.69) is 11.1 Å². The van der Waals surface area contributed by atoms with Gasteiger partial charge in [-0.3, -0.25) is 4.79 Å². The fourth-order valence-corrected chi connectivity index (χ4v) is 2.95. The zero-order valence-electron chi connectivity index (χ0n) is 14.4. The van der Waals surface area contributed by atoms with Gasteiger partial charge in [-0.15, -0.1) is 0 Å². The Labute approximate surface area is 154 Å². The Kier molecular flexibility index (Phi) is 5.78. The molecule has 0 radical (unpaired) electrons. The lowest BCUT2D eigenvalue weighted by Gasteiger charge is -2.22. The fourth-order valence-electron chi connectivity index (χ4n) is 2.95. The first-order valence-electron chi connectivity index (χ1n) is 8.54. The van der Waals surface area contributed by atoms with Crippen LogP contribution < -0.4 is 4.74 Å². The van der Waals surface area contributed by atoms with Gasteiger partial charge < -0.3 is 9.47 Å². The van der Waals surface area contributed by atoms with Crippen molar-refractivity contribution in [2.75, 3.05) is 0 Å². The molecule has 0 spiro atoms. The lowest BCUT2D eigenvalue weighted by atomic mass is 9.91. The summed E-state index contributed by atoms with van der Waals surface area (Å²) in [5.41, 5.74) is 1.37. The molecule has 0 amide bonds. The first kappa shape index (κ1) is 18.9. The highest BCUT2D eigenvalue weighted by Gasteiger charge is 2.30. The van der Waals surface area contributed by atoms with Crippen molar-refractivity contribution >= 4 is 12.5 Å². The van der Waals surface area contributed by atoms with E-state index in [-0.39, 0.29) is 12.0 Å². The van der Waals surface area contributed by atoms with Crippen molar-refractivity contribution in [3.8, 4) is 11.6 Å². The number of ether oxygens (including phenoxy) is 2. The van der Waals surface area contributed by atoms with Crippen LogP contribution in [0.15, 0.2) is 48.2 Å². The van der Waals surface area contributed by atoms with Gasteiger partial charge in [-0.25, -0.2) is 4.98 Å². The molecule has 1 aliphatic rings. The summed E-state index contributed by atoms with van der Waals surface area (Å²) in [5.74, 6) is 0.592. The monoisotopic (exact) mass is 377 g/mol. The Balaban J connectivity index is 1.65. The summed E-state index contributed by atoms with van der Waals surface area (Å²) < 4.78 is 48.3. The summed E-state index contributed by atoms with van der Waals surface area (Å²) in [7, 11) is 0. The van der Waals surface area contributed by atoms with Crippen molar-refractivity contribution in [1.29, 1.82) is 0 Å². The Bertz CT molecular complexity index is 806. The molecule has 0 aliphatic heterocycles. The Morgan fingerprint density at radius 1 is 1.11 bits per heavy atom. The maximum Gasteiger partial charge on any atom is 0.417 e. The van der Waals surface area contributed by atoms with Crippen LogP contribution in [0.4, 0.5) is 13.2 Å². The lowest BCUT2D eigenvalue weighted by molar-refractivity contribution is -0.138. The molecular formula is C20H18F3NO3. The van der Waals surface area contributed by atoms with E-state index in [1.165, 1.54) is 11.6 Å². The van der Waals surface area contributed by atoms with Crippen LogP contribution in [0.3, 0.4) is 0 Å². The van der Waals surface area contributed by atoms with Gasteiger partial charge in [0.25, 0.3) is 6.47 Å². The van der Waals surface area contributed by atoms with Crippen LogP contribution in [-0.2, 0) is 15.7 Å². The van der Waals surface area contributed by atoms with Gasteiger partial charge in [0.05, 0.1) is 5.56 Å². The number of alkyl halides is 3. The molecule has 3 rings (SSSR count). The van der Waals surface area contributed by atoms with Crippen LogP contribution in [0.2, 0.25) is 0 Å². The molecule has 1 aromatic heterocycles. The summed E-state index contributed by atoms with van der Waals surface area (Å²) in [6.07, 6.45) is 1.68. The van der Waals surface area contributed by atoms with Gasteiger partial charge in [0.1, 0.15) is 11.9 Å². The second-order valence-corrected chi connectivity index (χ2v) is 6.29. The molecule has 0 atom stereocenters. The zero-order chi connectivity index (χ0) is 19.3. The van der Waals surface area contributed by atoms with Gasteiger partial charge in [0.2, 0.25) is 5.88 Å². The predicted octanol–water partition coefficient (Wildman–Crippen LogP) is 5.39. The third-order valence-electron chi connectivity index (χ3n) is 4.34.